The van der Waals surface area contributed by atoms with Gasteiger partial charge in [-0.15, -0.1) is 0 Å². The molecule has 0 aliphatic heterocycles. The Balaban J connectivity index is 2.62. The molecule has 1 rings (SSSR count). The number of aryl methyl sites for hydroxylation is 1. The lowest BCUT2D eigenvalue weighted by molar-refractivity contribution is -0.205. The van der Waals surface area contributed by atoms with Crippen molar-refractivity contribution in [1.29, 1.82) is 0 Å². The molecule has 2 amide bonds. The van der Waals surface area contributed by atoms with Gasteiger partial charge in [0.2, 0.25) is 5.91 Å². The minimum absolute atomic E-state index is 0.262. The van der Waals surface area contributed by atoms with E-state index in [0.29, 0.717) is 5.56 Å². The molecule has 1 aromatic rings. The molecule has 3 N–H and O–H groups in total. The van der Waals surface area contributed by atoms with Crippen LogP contribution in [0.25, 0.3) is 0 Å². The second-order valence-corrected chi connectivity index (χ2v) is 6.20. The fraction of sp³-hybridized carbons (Fsp3) is 0.529. The highest BCUT2D eigenvalue weighted by Gasteiger charge is 2.37. The first-order valence-corrected chi connectivity index (χ1v) is 7.92. The molecule has 25 heavy (non-hydrogen) atoms. The maximum atomic E-state index is 12.2. The van der Waals surface area contributed by atoms with Gasteiger partial charge in [0.1, 0.15) is 6.04 Å². The fourth-order valence-electron chi connectivity index (χ4n) is 2.07. The number of hydrogen-bond donors (Lipinski definition) is 3. The summed E-state index contributed by atoms with van der Waals surface area (Å²) in [6.45, 7) is 4.96. The van der Waals surface area contributed by atoms with E-state index in [-0.39, 0.29) is 12.5 Å². The number of nitrogens with one attached hydrogen (secondary N) is 2. The molecule has 0 fully saturated rings. The van der Waals surface area contributed by atoms with Crippen LogP contribution in [-0.2, 0) is 4.79 Å². The summed E-state index contributed by atoms with van der Waals surface area (Å²) in [5, 5.41) is 13.8. The first-order valence-electron chi connectivity index (χ1n) is 7.92. The second kappa shape index (κ2) is 8.84. The van der Waals surface area contributed by atoms with Crippen molar-refractivity contribution >= 4 is 11.8 Å². The predicted octanol–water partition coefficient (Wildman–Crippen LogP) is 2.18. The predicted molar refractivity (Wildman–Crippen MR) is 87.0 cm³/mol. The van der Waals surface area contributed by atoms with E-state index in [2.05, 4.69) is 10.6 Å². The Labute approximate surface area is 144 Å². The maximum absolute atomic E-state index is 12.2. The highest BCUT2D eigenvalue weighted by atomic mass is 19.4. The Kier molecular flexibility index (Phi) is 7.41. The van der Waals surface area contributed by atoms with Crippen LogP contribution in [0.3, 0.4) is 0 Å². The Bertz CT molecular complexity index is 586. The molecule has 2 atom stereocenters. The van der Waals surface area contributed by atoms with Crippen LogP contribution in [0.15, 0.2) is 24.3 Å². The highest BCUT2D eigenvalue weighted by molar-refractivity contribution is 5.97. The molecule has 0 heterocycles. The zero-order valence-electron chi connectivity index (χ0n) is 14.4. The third-order valence-corrected chi connectivity index (χ3v) is 3.64. The molecule has 5 nitrogen and oxygen atoms in total. The van der Waals surface area contributed by atoms with E-state index in [1.165, 1.54) is 0 Å². The molecule has 0 aliphatic carbocycles. The van der Waals surface area contributed by atoms with Crippen LogP contribution in [-0.4, -0.2) is 41.8 Å². The van der Waals surface area contributed by atoms with E-state index < -0.39 is 36.6 Å². The third kappa shape index (κ3) is 6.74. The average Bonchev–Trinajstić information content (AvgIpc) is 2.51. The van der Waals surface area contributed by atoms with Gasteiger partial charge in [-0.2, -0.15) is 13.2 Å². The Morgan fingerprint density at radius 3 is 2.20 bits per heavy atom. The van der Waals surface area contributed by atoms with Crippen molar-refractivity contribution in [3.05, 3.63) is 35.4 Å². The minimum atomic E-state index is -4.72. The highest BCUT2D eigenvalue weighted by Crippen LogP contribution is 2.21. The zero-order valence-corrected chi connectivity index (χ0v) is 14.4. The van der Waals surface area contributed by atoms with Crippen LogP contribution < -0.4 is 10.6 Å². The van der Waals surface area contributed by atoms with Crippen LogP contribution in [0, 0.1) is 12.8 Å². The Morgan fingerprint density at radius 2 is 1.72 bits per heavy atom. The third-order valence-electron chi connectivity index (χ3n) is 3.64. The van der Waals surface area contributed by atoms with E-state index in [4.69, 9.17) is 5.11 Å². The van der Waals surface area contributed by atoms with E-state index in [1.807, 2.05) is 6.92 Å². The summed E-state index contributed by atoms with van der Waals surface area (Å²) in [5.74, 6) is -1.30. The summed E-state index contributed by atoms with van der Waals surface area (Å²) in [6, 6.07) is 5.88. The van der Waals surface area contributed by atoms with Crippen molar-refractivity contribution in [3.8, 4) is 0 Å². The number of aliphatic hydroxyl groups excluding tert-OH is 1. The summed E-state index contributed by atoms with van der Waals surface area (Å²) >= 11 is 0. The van der Waals surface area contributed by atoms with Gasteiger partial charge in [0.05, 0.1) is 0 Å². The van der Waals surface area contributed by atoms with Gasteiger partial charge in [-0.25, -0.2) is 0 Å². The van der Waals surface area contributed by atoms with E-state index >= 15 is 0 Å². The van der Waals surface area contributed by atoms with E-state index in [9.17, 15) is 22.8 Å². The second-order valence-electron chi connectivity index (χ2n) is 6.20. The SMILES string of the molecule is Cc1ccc(C(=O)N[C@H](C(=O)NCC[C@H](O)C(F)(F)F)C(C)C)cc1. The quantitative estimate of drug-likeness (QED) is 0.697. The van der Waals surface area contributed by atoms with Crippen LogP contribution in [0.1, 0.15) is 36.2 Å². The Morgan fingerprint density at radius 1 is 1.16 bits per heavy atom. The minimum Gasteiger partial charge on any atom is -0.384 e. The standard InChI is InChI=1S/C17H23F3N2O3/c1-10(2)14(16(25)21-9-8-13(23)17(18,19)20)22-15(24)12-6-4-11(3)5-7-12/h4-7,10,13-14,23H,8-9H2,1-3H3,(H,21,25)(H,22,24)/t13-,14-/m0/s1. The van der Waals surface area contributed by atoms with Gasteiger partial charge in [-0.05, 0) is 31.4 Å². The summed E-state index contributed by atoms with van der Waals surface area (Å²) in [7, 11) is 0. The van der Waals surface area contributed by atoms with E-state index in [0.717, 1.165) is 5.56 Å². The maximum Gasteiger partial charge on any atom is 0.414 e. The number of aliphatic hydroxyl groups is 1. The lowest BCUT2D eigenvalue weighted by Crippen LogP contribution is -2.50. The van der Waals surface area contributed by atoms with Crippen LogP contribution in [0.5, 0.6) is 0 Å². The Hall–Kier alpha value is -2.09. The molecule has 8 heteroatoms. The first-order chi connectivity index (χ1) is 11.5. The molecule has 0 unspecified atom stereocenters. The molecular formula is C17H23F3N2O3. The molecule has 140 valence electrons. The van der Waals surface area contributed by atoms with Gasteiger partial charge < -0.3 is 15.7 Å². The van der Waals surface area contributed by atoms with Crippen molar-refractivity contribution < 1.29 is 27.9 Å². The number of hydrogen-bond acceptors (Lipinski definition) is 3. The molecule has 0 radical (unpaired) electrons. The topological polar surface area (TPSA) is 78.4 Å². The number of halogens is 3. The van der Waals surface area contributed by atoms with Gasteiger partial charge in [-0.1, -0.05) is 31.5 Å². The van der Waals surface area contributed by atoms with Gasteiger partial charge >= 0.3 is 6.18 Å². The van der Waals surface area contributed by atoms with Gasteiger partial charge in [0, 0.05) is 12.1 Å². The zero-order chi connectivity index (χ0) is 19.2. The number of benzene rings is 1. The van der Waals surface area contributed by atoms with E-state index in [1.54, 1.807) is 38.1 Å². The summed E-state index contributed by atoms with van der Waals surface area (Å²) in [5.41, 5.74) is 1.37. The van der Waals surface area contributed by atoms with Crippen molar-refractivity contribution in [2.45, 2.75) is 45.5 Å². The molecule has 0 aromatic heterocycles. The van der Waals surface area contributed by atoms with Gasteiger partial charge in [0.15, 0.2) is 6.10 Å². The van der Waals surface area contributed by atoms with Crippen LogP contribution in [0.4, 0.5) is 13.2 Å². The lowest BCUT2D eigenvalue weighted by Gasteiger charge is -2.22. The summed E-state index contributed by atoms with van der Waals surface area (Å²) < 4.78 is 36.7. The lowest BCUT2D eigenvalue weighted by atomic mass is 10.0. The van der Waals surface area contributed by atoms with Crippen molar-refractivity contribution in [3.63, 3.8) is 0 Å². The molecule has 0 saturated carbocycles. The number of rotatable bonds is 7. The van der Waals surface area contributed by atoms with Crippen LogP contribution in [0.2, 0.25) is 0 Å². The molecule has 1 aromatic carbocycles. The molecule has 0 bridgehead atoms. The van der Waals surface area contributed by atoms with Crippen molar-refractivity contribution in [1.82, 2.24) is 10.6 Å². The van der Waals surface area contributed by atoms with Crippen LogP contribution >= 0.6 is 0 Å². The molecule has 0 spiro atoms. The van der Waals surface area contributed by atoms with Crippen molar-refractivity contribution in [2.24, 2.45) is 5.92 Å². The first kappa shape index (κ1) is 21.0. The number of carbonyl (C=O) groups excluding carboxylic acids is 2. The fourth-order valence-corrected chi connectivity index (χ4v) is 2.07. The number of amides is 2. The number of carbonyl (C=O) groups is 2. The monoisotopic (exact) mass is 360 g/mol. The molecule has 0 saturated heterocycles. The number of alkyl halides is 3. The molecule has 0 aliphatic rings. The van der Waals surface area contributed by atoms with Gasteiger partial charge in [-0.3, -0.25) is 9.59 Å². The summed E-state index contributed by atoms with van der Waals surface area (Å²) in [4.78, 5) is 24.4. The van der Waals surface area contributed by atoms with Crippen molar-refractivity contribution in [2.75, 3.05) is 6.54 Å². The van der Waals surface area contributed by atoms with Gasteiger partial charge in [0.25, 0.3) is 5.91 Å². The molecular weight excluding hydrogens is 337 g/mol. The normalized spacial score (nSPS) is 14.1. The average molecular weight is 360 g/mol. The summed E-state index contributed by atoms with van der Waals surface area (Å²) in [6.07, 6.45) is -7.86. The largest absolute Gasteiger partial charge is 0.414 e. The smallest absolute Gasteiger partial charge is 0.384 e.